The average molecular weight is 421 g/mol. The maximum absolute atomic E-state index is 11.6. The molecule has 0 saturated heterocycles. The smallest absolute Gasteiger partial charge is 0.306 e. The lowest BCUT2D eigenvalue weighted by atomic mass is 9.83. The molecule has 4 atom stereocenters. The van der Waals surface area contributed by atoms with E-state index in [1.807, 2.05) is 26.0 Å². The van der Waals surface area contributed by atoms with Crippen LogP contribution < -0.4 is 0 Å². The maximum Gasteiger partial charge on any atom is 0.306 e. The highest BCUT2D eigenvalue weighted by Gasteiger charge is 2.47. The second-order valence-corrected chi connectivity index (χ2v) is 9.49. The number of aryl methyl sites for hydroxylation is 1. The molecule has 0 spiro atoms. The third kappa shape index (κ3) is 5.42. The minimum atomic E-state index is -0.502. The van der Waals surface area contributed by atoms with Gasteiger partial charge in [0.25, 0.3) is 0 Å². The number of unbranched alkanes of at least 4 members (excludes halogenated alkanes) is 1. The Morgan fingerprint density at radius 2 is 2.10 bits per heavy atom. The van der Waals surface area contributed by atoms with E-state index in [-0.39, 0.29) is 24.1 Å². The first-order valence-electron chi connectivity index (χ1n) is 10.8. The number of alkyl halides is 1. The second kappa shape index (κ2) is 9.63. The molecule has 1 fully saturated rings. The highest BCUT2D eigenvalue weighted by molar-refractivity contribution is 6.25. The minimum absolute atomic E-state index is 0.0673. The lowest BCUT2D eigenvalue weighted by Crippen LogP contribution is -2.29. The van der Waals surface area contributed by atoms with E-state index in [1.54, 1.807) is 0 Å². The van der Waals surface area contributed by atoms with Crippen LogP contribution in [0.4, 0.5) is 0 Å². The quantitative estimate of drug-likeness (QED) is 0.270. The number of esters is 1. The molecule has 2 aliphatic rings. The summed E-state index contributed by atoms with van der Waals surface area (Å²) < 4.78 is 5.14. The lowest BCUT2D eigenvalue weighted by Gasteiger charge is -2.30. The van der Waals surface area contributed by atoms with Crippen LogP contribution in [-0.2, 0) is 16.0 Å². The molecule has 0 heterocycles. The van der Waals surface area contributed by atoms with Gasteiger partial charge in [-0.3, -0.25) is 4.79 Å². The zero-order chi connectivity index (χ0) is 21.0. The van der Waals surface area contributed by atoms with Gasteiger partial charge >= 0.3 is 5.97 Å². The van der Waals surface area contributed by atoms with Gasteiger partial charge in [0.1, 0.15) is 0 Å². The van der Waals surface area contributed by atoms with E-state index in [9.17, 15) is 15.0 Å². The van der Waals surface area contributed by atoms with Crippen molar-refractivity contribution in [2.24, 2.45) is 0 Å². The molecule has 0 aliphatic heterocycles. The number of rotatable bonds is 8. The molecule has 5 heteroatoms. The predicted molar refractivity (Wildman–Crippen MR) is 115 cm³/mol. The molecule has 0 aromatic heterocycles. The number of benzene rings is 1. The summed E-state index contributed by atoms with van der Waals surface area (Å²) in [7, 11) is 0. The molecular weight excluding hydrogens is 388 g/mol. The molecule has 29 heavy (non-hydrogen) atoms. The molecule has 3 rings (SSSR count). The van der Waals surface area contributed by atoms with Crippen molar-refractivity contribution in [1.82, 2.24) is 0 Å². The number of allylic oxidation sites excluding steroid dienone is 2. The third-order valence-corrected chi connectivity index (χ3v) is 6.69. The second-order valence-electron chi connectivity index (χ2n) is 8.74. The Morgan fingerprint density at radius 3 is 2.86 bits per heavy atom. The summed E-state index contributed by atoms with van der Waals surface area (Å²) in [6.07, 6.45) is 9.08. The Balaban J connectivity index is 1.57. The summed E-state index contributed by atoms with van der Waals surface area (Å²) in [5.74, 6) is -0.263. The van der Waals surface area contributed by atoms with Crippen molar-refractivity contribution >= 4 is 17.6 Å². The summed E-state index contributed by atoms with van der Waals surface area (Å²) in [6, 6.07) is 6.15. The molecule has 160 valence electrons. The lowest BCUT2D eigenvalue weighted by molar-refractivity contribution is -0.147. The number of carbonyl (C=O) groups is 1. The highest BCUT2D eigenvalue weighted by Crippen LogP contribution is 2.50. The molecule has 0 amide bonds. The Labute approximate surface area is 178 Å². The van der Waals surface area contributed by atoms with E-state index in [2.05, 4.69) is 18.2 Å². The van der Waals surface area contributed by atoms with Crippen molar-refractivity contribution in [2.45, 2.75) is 94.3 Å². The van der Waals surface area contributed by atoms with Crippen molar-refractivity contribution in [3.05, 3.63) is 47.0 Å². The summed E-state index contributed by atoms with van der Waals surface area (Å²) in [6.45, 7) is 3.71. The fourth-order valence-corrected chi connectivity index (χ4v) is 5.17. The van der Waals surface area contributed by atoms with Gasteiger partial charge in [0.2, 0.25) is 0 Å². The van der Waals surface area contributed by atoms with Crippen molar-refractivity contribution in [3.63, 3.8) is 0 Å². The fourth-order valence-electron chi connectivity index (χ4n) is 4.70. The van der Waals surface area contributed by atoms with E-state index in [0.717, 1.165) is 43.2 Å². The van der Waals surface area contributed by atoms with Crippen LogP contribution in [0.2, 0.25) is 0 Å². The number of fused-ring (bicyclic) bond motifs is 1. The number of hydrogen-bond acceptors (Lipinski definition) is 4. The molecule has 2 aliphatic carbocycles. The van der Waals surface area contributed by atoms with Crippen molar-refractivity contribution in [1.29, 1.82) is 0 Å². The van der Waals surface area contributed by atoms with Gasteiger partial charge in [0, 0.05) is 12.3 Å². The number of carbonyl (C=O) groups excluding carboxylic acids is 1. The zero-order valence-electron chi connectivity index (χ0n) is 17.4. The van der Waals surface area contributed by atoms with Crippen LogP contribution in [0.1, 0.15) is 87.5 Å². The predicted octanol–water partition coefficient (Wildman–Crippen LogP) is 4.95. The highest BCUT2D eigenvalue weighted by atomic mass is 35.5. The van der Waals surface area contributed by atoms with Crippen LogP contribution in [0.3, 0.4) is 0 Å². The monoisotopic (exact) mass is 420 g/mol. The van der Waals surface area contributed by atoms with Gasteiger partial charge in [-0.15, -0.1) is 11.6 Å². The summed E-state index contributed by atoms with van der Waals surface area (Å²) >= 11 is 7.03. The van der Waals surface area contributed by atoms with Crippen molar-refractivity contribution in [3.8, 4) is 0 Å². The first kappa shape index (κ1) is 22.3. The Bertz CT molecular complexity index is 744. The first-order valence-corrected chi connectivity index (χ1v) is 11.2. The summed E-state index contributed by atoms with van der Waals surface area (Å²) in [5.41, 5.74) is 3.26. The van der Waals surface area contributed by atoms with Crippen LogP contribution in [0.25, 0.3) is 0 Å². The first-order chi connectivity index (χ1) is 13.8. The zero-order valence-corrected chi connectivity index (χ0v) is 18.2. The van der Waals surface area contributed by atoms with E-state index in [1.165, 1.54) is 5.56 Å². The number of aliphatic hydroxyl groups is 2. The molecule has 4 nitrogen and oxygen atoms in total. The van der Waals surface area contributed by atoms with E-state index in [4.69, 9.17) is 16.3 Å². The van der Waals surface area contributed by atoms with Crippen LogP contribution in [0.15, 0.2) is 30.4 Å². The van der Waals surface area contributed by atoms with Gasteiger partial charge in [-0.25, -0.2) is 0 Å². The van der Waals surface area contributed by atoms with Gasteiger partial charge in [-0.1, -0.05) is 30.4 Å². The Morgan fingerprint density at radius 1 is 1.31 bits per heavy atom. The standard InChI is InChI=1S/C24H33ClO4/c1-16(2)29-22(28)7-5-3-4-6-13-24(25)14-12-21(27)23(24)18-8-10-19-17(15-18)9-11-20(19)26/h4,6,8,10,15-16,20-21,23,26-27H,3,5,7,9,11-14H2,1-2H3/t20?,21-,23+,24+/m1/s1. The summed E-state index contributed by atoms with van der Waals surface area (Å²) in [5, 5.41) is 20.7. The average Bonchev–Trinajstić information content (AvgIpc) is 3.17. The number of halogens is 1. The number of hydrogen-bond donors (Lipinski definition) is 2. The Hall–Kier alpha value is -1.36. The molecule has 1 unspecified atom stereocenters. The van der Waals surface area contributed by atoms with E-state index >= 15 is 0 Å². The van der Waals surface area contributed by atoms with E-state index < -0.39 is 11.0 Å². The van der Waals surface area contributed by atoms with Crippen LogP contribution >= 0.6 is 11.6 Å². The minimum Gasteiger partial charge on any atom is -0.463 e. The van der Waals surface area contributed by atoms with E-state index in [0.29, 0.717) is 19.3 Å². The normalized spacial score (nSPS) is 29.0. The molecule has 0 radical (unpaired) electrons. The van der Waals surface area contributed by atoms with Crippen LogP contribution in [-0.4, -0.2) is 33.3 Å². The number of aliphatic hydroxyl groups excluding tert-OH is 2. The molecule has 1 saturated carbocycles. The van der Waals surface area contributed by atoms with Gasteiger partial charge in [0.05, 0.1) is 23.2 Å². The SMILES string of the molecule is CC(C)OC(=O)CCCC=CC[C@]1(Cl)CC[C@@H](O)[C@@H]1c1ccc2c(c1)CCC2O. The summed E-state index contributed by atoms with van der Waals surface area (Å²) in [4.78, 5) is 11.1. The molecular formula is C24H33ClO4. The fraction of sp³-hybridized carbons (Fsp3) is 0.625. The topological polar surface area (TPSA) is 66.8 Å². The van der Waals surface area contributed by atoms with Crippen molar-refractivity contribution < 1.29 is 19.7 Å². The van der Waals surface area contributed by atoms with Gasteiger partial charge < -0.3 is 14.9 Å². The van der Waals surface area contributed by atoms with Crippen LogP contribution in [0, 0.1) is 0 Å². The Kier molecular flexibility index (Phi) is 7.42. The van der Waals surface area contributed by atoms with Crippen LogP contribution in [0.5, 0.6) is 0 Å². The number of ether oxygens (including phenoxy) is 1. The van der Waals surface area contributed by atoms with Gasteiger partial charge in [-0.05, 0) is 75.5 Å². The largest absolute Gasteiger partial charge is 0.463 e. The molecule has 0 bridgehead atoms. The van der Waals surface area contributed by atoms with Crippen molar-refractivity contribution in [2.75, 3.05) is 0 Å². The maximum atomic E-state index is 11.6. The molecule has 1 aromatic carbocycles. The molecule has 2 N–H and O–H groups in total. The van der Waals surface area contributed by atoms with Gasteiger partial charge in [-0.2, -0.15) is 0 Å². The van der Waals surface area contributed by atoms with Gasteiger partial charge in [0.15, 0.2) is 0 Å². The molecule has 1 aromatic rings. The third-order valence-electron chi connectivity index (χ3n) is 6.11.